The first-order valence-corrected chi connectivity index (χ1v) is 9.25. The first-order chi connectivity index (χ1) is 11.2. The van der Waals surface area contributed by atoms with Gasteiger partial charge in [0.15, 0.2) is 0 Å². The number of carbonyl (C=O) groups excluding carboxylic acids is 1. The van der Waals surface area contributed by atoms with Crippen molar-refractivity contribution in [3.63, 3.8) is 0 Å². The van der Waals surface area contributed by atoms with Crippen molar-refractivity contribution in [3.8, 4) is 5.75 Å². The molecule has 4 heteroatoms. The van der Waals surface area contributed by atoms with Gasteiger partial charge in [0.2, 0.25) is 0 Å². The molecule has 23 heavy (non-hydrogen) atoms. The molecule has 0 spiro atoms. The molecule has 1 saturated carbocycles. The van der Waals surface area contributed by atoms with E-state index in [4.69, 9.17) is 9.47 Å². The van der Waals surface area contributed by atoms with Gasteiger partial charge in [-0.2, -0.15) is 0 Å². The normalized spacial score (nSPS) is 16.6. The summed E-state index contributed by atoms with van der Waals surface area (Å²) >= 11 is 1.80. The minimum absolute atomic E-state index is 0.251. The first kappa shape index (κ1) is 17.9. The van der Waals surface area contributed by atoms with E-state index in [-0.39, 0.29) is 5.97 Å². The largest absolute Gasteiger partial charge is 0.497 e. The van der Waals surface area contributed by atoms with Crippen molar-refractivity contribution in [2.75, 3.05) is 13.7 Å². The maximum Gasteiger partial charge on any atom is 0.330 e. The summed E-state index contributed by atoms with van der Waals surface area (Å²) in [6, 6.07) is 8.10. The van der Waals surface area contributed by atoms with Gasteiger partial charge < -0.3 is 9.47 Å². The quantitative estimate of drug-likeness (QED) is 0.386. The molecule has 1 atom stereocenters. The Morgan fingerprint density at radius 3 is 2.61 bits per heavy atom. The highest BCUT2D eigenvalue weighted by molar-refractivity contribution is 8.00. The molecule has 3 nitrogen and oxygen atoms in total. The fraction of sp³-hybridized carbons (Fsp3) is 0.526. The van der Waals surface area contributed by atoms with Crippen LogP contribution in [0, 0.1) is 5.92 Å². The first-order valence-electron chi connectivity index (χ1n) is 8.37. The van der Waals surface area contributed by atoms with Crippen LogP contribution in [0.25, 0.3) is 0 Å². The van der Waals surface area contributed by atoms with Gasteiger partial charge in [0.25, 0.3) is 0 Å². The van der Waals surface area contributed by atoms with Crippen molar-refractivity contribution in [3.05, 3.63) is 36.4 Å². The van der Waals surface area contributed by atoms with Gasteiger partial charge in [0.1, 0.15) is 5.75 Å². The number of ether oxygens (including phenoxy) is 2. The Hall–Kier alpha value is -1.42. The average Bonchev–Trinajstić information content (AvgIpc) is 3.06. The zero-order valence-corrected chi connectivity index (χ0v) is 14.8. The summed E-state index contributed by atoms with van der Waals surface area (Å²) < 4.78 is 10.2. The Kier molecular flexibility index (Phi) is 7.53. The van der Waals surface area contributed by atoms with Gasteiger partial charge in [-0.1, -0.05) is 31.8 Å². The second kappa shape index (κ2) is 9.66. The number of thioether (sulfide) groups is 1. The molecule has 0 unspecified atom stereocenters. The van der Waals surface area contributed by atoms with Crippen LogP contribution in [0.3, 0.4) is 0 Å². The standard InChI is InChI=1S/C19H26O3S/c1-3-22-19(20)13-12-18(14-15-6-4-5-7-15)23-17-10-8-16(21-2)9-11-17/h8-13,15,18H,3-7,14H2,1-2H3/b13-12+/t18-/m0/s1. The van der Waals surface area contributed by atoms with Crippen molar-refractivity contribution in [2.45, 2.75) is 49.2 Å². The minimum atomic E-state index is -0.251. The van der Waals surface area contributed by atoms with Gasteiger partial charge in [0, 0.05) is 16.2 Å². The summed E-state index contributed by atoms with van der Waals surface area (Å²) in [5, 5.41) is 0.302. The van der Waals surface area contributed by atoms with Gasteiger partial charge >= 0.3 is 5.97 Å². The highest BCUT2D eigenvalue weighted by Gasteiger charge is 2.20. The van der Waals surface area contributed by atoms with Crippen LogP contribution < -0.4 is 4.74 Å². The van der Waals surface area contributed by atoms with Crippen LogP contribution in [-0.2, 0) is 9.53 Å². The zero-order valence-electron chi connectivity index (χ0n) is 14.0. The lowest BCUT2D eigenvalue weighted by molar-refractivity contribution is -0.137. The molecule has 0 amide bonds. The molecular weight excluding hydrogens is 308 g/mol. The highest BCUT2D eigenvalue weighted by Crippen LogP contribution is 2.35. The molecule has 0 saturated heterocycles. The summed E-state index contributed by atoms with van der Waals surface area (Å²) in [5.41, 5.74) is 0. The second-order valence-corrected chi connectivity index (χ2v) is 7.14. The maximum atomic E-state index is 11.6. The number of benzene rings is 1. The number of methoxy groups -OCH3 is 1. The van der Waals surface area contributed by atoms with E-state index >= 15 is 0 Å². The predicted octanol–water partition coefficient (Wildman–Crippen LogP) is 4.86. The Labute approximate surface area is 143 Å². The predicted molar refractivity (Wildman–Crippen MR) is 95.0 cm³/mol. The molecule has 2 rings (SSSR count). The van der Waals surface area contributed by atoms with Crippen LogP contribution in [0.15, 0.2) is 41.3 Å². The highest BCUT2D eigenvalue weighted by atomic mass is 32.2. The van der Waals surface area contributed by atoms with Gasteiger partial charge in [-0.15, -0.1) is 11.8 Å². The molecule has 0 bridgehead atoms. The lowest BCUT2D eigenvalue weighted by Crippen LogP contribution is -2.08. The summed E-state index contributed by atoms with van der Waals surface area (Å²) in [4.78, 5) is 12.8. The van der Waals surface area contributed by atoms with Crippen LogP contribution in [0.2, 0.25) is 0 Å². The Bertz CT molecular complexity index is 504. The lowest BCUT2D eigenvalue weighted by atomic mass is 10.0. The van der Waals surface area contributed by atoms with Gasteiger partial charge in [-0.05, 0) is 43.5 Å². The van der Waals surface area contributed by atoms with E-state index in [9.17, 15) is 4.79 Å². The van der Waals surface area contributed by atoms with Gasteiger partial charge in [-0.25, -0.2) is 4.79 Å². The van der Waals surface area contributed by atoms with E-state index < -0.39 is 0 Å². The third-order valence-electron chi connectivity index (χ3n) is 4.12. The van der Waals surface area contributed by atoms with Crippen molar-refractivity contribution < 1.29 is 14.3 Å². The molecule has 0 aliphatic heterocycles. The van der Waals surface area contributed by atoms with Crippen LogP contribution in [0.5, 0.6) is 5.75 Å². The molecular formula is C19H26O3S. The summed E-state index contributed by atoms with van der Waals surface area (Å²) in [5.74, 6) is 1.39. The summed E-state index contributed by atoms with van der Waals surface area (Å²) in [7, 11) is 1.67. The van der Waals surface area contributed by atoms with E-state index in [1.165, 1.54) is 30.6 Å². The monoisotopic (exact) mass is 334 g/mol. The molecule has 1 fully saturated rings. The number of carbonyl (C=O) groups is 1. The Balaban J connectivity index is 2.00. The fourth-order valence-corrected chi connectivity index (χ4v) is 4.11. The molecule has 1 aliphatic rings. The van der Waals surface area contributed by atoms with E-state index in [0.29, 0.717) is 11.9 Å². The number of hydrogen-bond donors (Lipinski definition) is 0. The molecule has 0 N–H and O–H groups in total. The molecule has 1 aromatic carbocycles. The smallest absolute Gasteiger partial charge is 0.330 e. The van der Waals surface area contributed by atoms with Crippen molar-refractivity contribution in [1.29, 1.82) is 0 Å². The third kappa shape index (κ3) is 6.30. The number of hydrogen-bond acceptors (Lipinski definition) is 4. The van der Waals surface area contributed by atoms with Crippen molar-refractivity contribution in [1.82, 2.24) is 0 Å². The van der Waals surface area contributed by atoms with Crippen molar-refractivity contribution >= 4 is 17.7 Å². The van der Waals surface area contributed by atoms with E-state index in [0.717, 1.165) is 18.1 Å². The SMILES string of the molecule is CCOC(=O)/C=C/[C@@H](CC1CCCC1)Sc1ccc(OC)cc1. The number of rotatable bonds is 8. The van der Waals surface area contributed by atoms with E-state index in [2.05, 4.69) is 12.1 Å². The average molecular weight is 334 g/mol. The van der Waals surface area contributed by atoms with Crippen molar-refractivity contribution in [2.24, 2.45) is 5.92 Å². The van der Waals surface area contributed by atoms with Crippen LogP contribution >= 0.6 is 11.8 Å². The second-order valence-electron chi connectivity index (χ2n) is 5.83. The van der Waals surface area contributed by atoms with Crippen LogP contribution in [0.1, 0.15) is 39.0 Å². The molecule has 126 valence electrons. The maximum absolute atomic E-state index is 11.6. The molecule has 0 aromatic heterocycles. The molecule has 1 aromatic rings. The van der Waals surface area contributed by atoms with E-state index in [1.54, 1.807) is 24.9 Å². The number of esters is 1. The van der Waals surface area contributed by atoms with Crippen LogP contribution in [0.4, 0.5) is 0 Å². The van der Waals surface area contributed by atoms with E-state index in [1.807, 2.05) is 25.1 Å². The Morgan fingerprint density at radius 1 is 1.30 bits per heavy atom. The molecule has 1 aliphatic carbocycles. The molecule has 0 heterocycles. The van der Waals surface area contributed by atoms with Gasteiger partial charge in [0.05, 0.1) is 13.7 Å². The summed E-state index contributed by atoms with van der Waals surface area (Å²) in [6.07, 6.45) is 10.0. The van der Waals surface area contributed by atoms with Crippen LogP contribution in [-0.4, -0.2) is 24.9 Å². The zero-order chi connectivity index (χ0) is 16.5. The fourth-order valence-electron chi connectivity index (χ4n) is 2.95. The summed E-state index contributed by atoms with van der Waals surface area (Å²) in [6.45, 7) is 2.25. The topological polar surface area (TPSA) is 35.5 Å². The minimum Gasteiger partial charge on any atom is -0.497 e. The Morgan fingerprint density at radius 2 is 2.00 bits per heavy atom. The third-order valence-corrected chi connectivity index (χ3v) is 5.32. The lowest BCUT2D eigenvalue weighted by Gasteiger charge is -2.17. The van der Waals surface area contributed by atoms with Gasteiger partial charge in [-0.3, -0.25) is 0 Å². The molecule has 0 radical (unpaired) electrons.